The number of halogens is 1. The smallest absolute Gasteiger partial charge is 0.316 e. The lowest BCUT2D eigenvalue weighted by Gasteiger charge is -2.17. The van der Waals surface area contributed by atoms with E-state index in [-0.39, 0.29) is 0 Å². The van der Waals surface area contributed by atoms with Gasteiger partial charge in [0.25, 0.3) is 0 Å². The first kappa shape index (κ1) is 14.0. The number of aliphatic hydroxyl groups excluding tert-OH is 2. The molecule has 2 atom stereocenters. The number of aliphatic hydroxyl groups is 2. The molecule has 5 nitrogen and oxygen atoms in total. The first-order valence-electron chi connectivity index (χ1n) is 5.13. The van der Waals surface area contributed by atoms with Crippen molar-refractivity contribution in [2.75, 3.05) is 10.6 Å². The normalized spacial score (nSPS) is 14.1. The minimum absolute atomic E-state index is 0.439. The van der Waals surface area contributed by atoms with Gasteiger partial charge in [0, 0.05) is 11.0 Å². The van der Waals surface area contributed by atoms with Gasteiger partial charge in [-0.2, -0.15) is 0 Å². The number of hydrogen-bond acceptors (Lipinski definition) is 3. The number of anilines is 1. The lowest BCUT2D eigenvalue weighted by atomic mass is 10.0. The first-order chi connectivity index (χ1) is 8.04. The molecular weight excluding hydrogens is 288 g/mol. The lowest BCUT2D eigenvalue weighted by molar-refractivity contribution is 0.0174. The van der Waals surface area contributed by atoms with Crippen LogP contribution >= 0.6 is 15.9 Å². The van der Waals surface area contributed by atoms with Gasteiger partial charge in [0.05, 0.1) is 6.10 Å². The van der Waals surface area contributed by atoms with Gasteiger partial charge in [-0.05, 0) is 24.1 Å². The largest absolute Gasteiger partial charge is 0.390 e. The number of urea groups is 1. The van der Waals surface area contributed by atoms with Crippen LogP contribution in [0.15, 0.2) is 24.3 Å². The SMILES string of the molecule is NC(=O)Nc1cccc(C(O)C(O)CCBr)c1. The van der Waals surface area contributed by atoms with Crippen LogP contribution in [-0.4, -0.2) is 27.7 Å². The Morgan fingerprint density at radius 3 is 2.76 bits per heavy atom. The fourth-order valence-corrected chi connectivity index (χ4v) is 1.90. The molecule has 2 amide bonds. The number of rotatable bonds is 5. The molecule has 5 N–H and O–H groups in total. The van der Waals surface area contributed by atoms with Crippen LogP contribution in [0.25, 0.3) is 0 Å². The molecule has 0 aliphatic carbocycles. The van der Waals surface area contributed by atoms with Gasteiger partial charge >= 0.3 is 6.03 Å². The van der Waals surface area contributed by atoms with E-state index in [1.54, 1.807) is 24.3 Å². The van der Waals surface area contributed by atoms with Crippen LogP contribution in [-0.2, 0) is 0 Å². The fraction of sp³-hybridized carbons (Fsp3) is 0.364. The number of benzene rings is 1. The molecule has 94 valence electrons. The van der Waals surface area contributed by atoms with Gasteiger partial charge in [-0.25, -0.2) is 4.79 Å². The van der Waals surface area contributed by atoms with Gasteiger partial charge in [0.15, 0.2) is 0 Å². The van der Waals surface area contributed by atoms with Crippen LogP contribution in [0, 0.1) is 0 Å². The fourth-order valence-electron chi connectivity index (χ4n) is 1.43. The third-order valence-corrected chi connectivity index (χ3v) is 2.72. The molecule has 1 rings (SSSR count). The minimum atomic E-state index is -0.984. The summed E-state index contributed by atoms with van der Waals surface area (Å²) in [6.45, 7) is 0. The van der Waals surface area contributed by atoms with Crippen LogP contribution in [0.4, 0.5) is 10.5 Å². The van der Waals surface area contributed by atoms with Crippen molar-refractivity contribution < 1.29 is 15.0 Å². The summed E-state index contributed by atoms with van der Waals surface area (Å²) in [6.07, 6.45) is -1.39. The van der Waals surface area contributed by atoms with E-state index in [4.69, 9.17) is 5.73 Å². The minimum Gasteiger partial charge on any atom is -0.390 e. The number of alkyl halides is 1. The first-order valence-corrected chi connectivity index (χ1v) is 6.25. The van der Waals surface area contributed by atoms with E-state index in [0.29, 0.717) is 23.0 Å². The zero-order valence-electron chi connectivity index (χ0n) is 9.14. The molecule has 0 saturated carbocycles. The molecule has 0 aliphatic heterocycles. The summed E-state index contributed by atoms with van der Waals surface area (Å²) in [5.41, 5.74) is 6.01. The van der Waals surface area contributed by atoms with Crippen LogP contribution in [0.5, 0.6) is 0 Å². The summed E-state index contributed by atoms with van der Waals surface area (Å²) in [7, 11) is 0. The van der Waals surface area contributed by atoms with Crippen molar-refractivity contribution in [1.82, 2.24) is 0 Å². The molecule has 0 fully saturated rings. The summed E-state index contributed by atoms with van der Waals surface area (Å²) in [5, 5.41) is 22.5. The molecule has 1 aromatic rings. The Balaban J connectivity index is 2.79. The van der Waals surface area contributed by atoms with Gasteiger partial charge in [0.1, 0.15) is 6.10 Å². The zero-order chi connectivity index (χ0) is 12.8. The van der Waals surface area contributed by atoms with Crippen LogP contribution in [0.2, 0.25) is 0 Å². The molecule has 0 spiro atoms. The van der Waals surface area contributed by atoms with Crippen molar-refractivity contribution in [2.45, 2.75) is 18.6 Å². The molecule has 6 heteroatoms. The molecule has 17 heavy (non-hydrogen) atoms. The number of amides is 2. The quantitative estimate of drug-likeness (QED) is 0.618. The van der Waals surface area contributed by atoms with E-state index in [1.807, 2.05) is 0 Å². The maximum absolute atomic E-state index is 10.7. The molecule has 0 aliphatic rings. The van der Waals surface area contributed by atoms with Crippen molar-refractivity contribution in [3.8, 4) is 0 Å². The van der Waals surface area contributed by atoms with E-state index in [2.05, 4.69) is 21.2 Å². The summed E-state index contributed by atoms with van der Waals surface area (Å²) in [5.74, 6) is 0. The highest BCUT2D eigenvalue weighted by atomic mass is 79.9. The average molecular weight is 303 g/mol. The Morgan fingerprint density at radius 2 is 2.18 bits per heavy atom. The topological polar surface area (TPSA) is 95.6 Å². The number of carbonyl (C=O) groups excluding carboxylic acids is 1. The van der Waals surface area contributed by atoms with E-state index in [9.17, 15) is 15.0 Å². The highest BCUT2D eigenvalue weighted by molar-refractivity contribution is 9.09. The molecule has 0 saturated heterocycles. The van der Waals surface area contributed by atoms with Crippen molar-refractivity contribution in [3.63, 3.8) is 0 Å². The Bertz CT molecular complexity index is 387. The Morgan fingerprint density at radius 1 is 1.47 bits per heavy atom. The molecule has 0 radical (unpaired) electrons. The summed E-state index contributed by atoms with van der Waals surface area (Å²) < 4.78 is 0. The van der Waals surface area contributed by atoms with E-state index in [1.165, 1.54) is 0 Å². The highest BCUT2D eigenvalue weighted by Gasteiger charge is 2.17. The van der Waals surface area contributed by atoms with E-state index in [0.717, 1.165) is 0 Å². The average Bonchev–Trinajstić information content (AvgIpc) is 2.28. The number of carbonyl (C=O) groups is 1. The molecule has 2 unspecified atom stereocenters. The molecule has 0 heterocycles. The standard InChI is InChI=1S/C11H15BrN2O3/c12-5-4-9(15)10(16)7-2-1-3-8(6-7)14-11(13)17/h1-3,6,9-10,15-16H,4-5H2,(H3,13,14,17). The van der Waals surface area contributed by atoms with Crippen LogP contribution in [0.1, 0.15) is 18.1 Å². The van der Waals surface area contributed by atoms with Gasteiger partial charge in [-0.15, -0.1) is 0 Å². The van der Waals surface area contributed by atoms with Crippen LogP contribution < -0.4 is 11.1 Å². The summed E-state index contributed by atoms with van der Waals surface area (Å²) in [6, 6.07) is 5.90. The number of nitrogens with one attached hydrogen (secondary N) is 1. The van der Waals surface area contributed by atoms with Crippen molar-refractivity contribution >= 4 is 27.6 Å². The monoisotopic (exact) mass is 302 g/mol. The molecule has 1 aromatic carbocycles. The predicted molar refractivity (Wildman–Crippen MR) is 69.0 cm³/mol. The van der Waals surface area contributed by atoms with Gasteiger partial charge in [-0.3, -0.25) is 0 Å². The third kappa shape index (κ3) is 4.33. The number of nitrogens with two attached hydrogens (primary N) is 1. The Kier molecular flexibility index (Phi) is 5.40. The van der Waals surface area contributed by atoms with Gasteiger partial charge in [-0.1, -0.05) is 28.1 Å². The van der Waals surface area contributed by atoms with Crippen molar-refractivity contribution in [2.24, 2.45) is 5.73 Å². The predicted octanol–water partition coefficient (Wildman–Crippen LogP) is 1.36. The second-order valence-corrected chi connectivity index (χ2v) is 4.40. The van der Waals surface area contributed by atoms with Gasteiger partial charge < -0.3 is 21.3 Å². The van der Waals surface area contributed by atoms with Gasteiger partial charge in [0.2, 0.25) is 0 Å². The maximum Gasteiger partial charge on any atom is 0.316 e. The number of primary amides is 1. The molecule has 0 bridgehead atoms. The second kappa shape index (κ2) is 6.58. The van der Waals surface area contributed by atoms with Crippen molar-refractivity contribution in [3.05, 3.63) is 29.8 Å². The lowest BCUT2D eigenvalue weighted by Crippen LogP contribution is -2.21. The number of hydrogen-bond donors (Lipinski definition) is 4. The summed E-state index contributed by atoms with van der Waals surface area (Å²) >= 11 is 3.19. The molecule has 0 aromatic heterocycles. The zero-order valence-corrected chi connectivity index (χ0v) is 10.7. The molecular formula is C11H15BrN2O3. The Labute approximate surface area is 108 Å². The highest BCUT2D eigenvalue weighted by Crippen LogP contribution is 2.22. The second-order valence-electron chi connectivity index (χ2n) is 3.60. The Hall–Kier alpha value is -1.11. The van der Waals surface area contributed by atoms with E-state index >= 15 is 0 Å². The van der Waals surface area contributed by atoms with Crippen LogP contribution in [0.3, 0.4) is 0 Å². The maximum atomic E-state index is 10.7. The van der Waals surface area contributed by atoms with Crippen molar-refractivity contribution in [1.29, 1.82) is 0 Å². The van der Waals surface area contributed by atoms with E-state index < -0.39 is 18.2 Å². The third-order valence-electron chi connectivity index (χ3n) is 2.27. The summed E-state index contributed by atoms with van der Waals surface area (Å²) in [4.78, 5) is 10.7.